The van der Waals surface area contributed by atoms with Crippen LogP contribution in [0.4, 0.5) is 9.18 Å². The van der Waals surface area contributed by atoms with Gasteiger partial charge in [0.2, 0.25) is 0 Å². The summed E-state index contributed by atoms with van der Waals surface area (Å²) in [6.45, 7) is 2.34. The zero-order chi connectivity index (χ0) is 19.9. The SMILES string of the molecule is CN(Cc1cccc(F)c1)CN1C(=O)N[C@](C)(c2ccc3c(c2)CCC3)C1=O. The lowest BCUT2D eigenvalue weighted by molar-refractivity contribution is -0.132. The molecule has 2 aliphatic rings. The first-order valence-electron chi connectivity index (χ1n) is 9.56. The fraction of sp³-hybridized carbons (Fsp3) is 0.364. The molecular weight excluding hydrogens is 357 g/mol. The number of fused-ring (bicyclic) bond motifs is 1. The summed E-state index contributed by atoms with van der Waals surface area (Å²) in [6, 6.07) is 12.0. The van der Waals surface area contributed by atoms with Crippen molar-refractivity contribution < 1.29 is 14.0 Å². The smallest absolute Gasteiger partial charge is 0.319 e. The lowest BCUT2D eigenvalue weighted by Gasteiger charge is -2.25. The minimum atomic E-state index is -1.06. The number of carbonyl (C=O) groups excluding carboxylic acids is 2. The van der Waals surface area contributed by atoms with Crippen molar-refractivity contribution in [2.24, 2.45) is 0 Å². The van der Waals surface area contributed by atoms with Gasteiger partial charge in [0.05, 0.1) is 6.67 Å². The zero-order valence-electron chi connectivity index (χ0n) is 16.2. The Morgan fingerprint density at radius 2 is 1.93 bits per heavy atom. The normalized spacial score (nSPS) is 21.4. The number of nitrogens with one attached hydrogen (secondary N) is 1. The molecule has 0 aromatic heterocycles. The van der Waals surface area contributed by atoms with Gasteiger partial charge in [-0.2, -0.15) is 0 Å². The van der Waals surface area contributed by atoms with E-state index in [0.717, 1.165) is 30.4 Å². The summed E-state index contributed by atoms with van der Waals surface area (Å²) in [7, 11) is 1.80. The van der Waals surface area contributed by atoms with Crippen LogP contribution >= 0.6 is 0 Å². The van der Waals surface area contributed by atoms with Gasteiger partial charge in [-0.25, -0.2) is 14.1 Å². The Balaban J connectivity index is 1.50. The van der Waals surface area contributed by atoms with E-state index in [-0.39, 0.29) is 18.4 Å². The topological polar surface area (TPSA) is 52.6 Å². The third-order valence-electron chi connectivity index (χ3n) is 5.68. The van der Waals surface area contributed by atoms with Gasteiger partial charge in [-0.15, -0.1) is 0 Å². The molecule has 1 saturated heterocycles. The molecule has 2 aromatic rings. The van der Waals surface area contributed by atoms with Crippen LogP contribution in [-0.2, 0) is 29.7 Å². The highest BCUT2D eigenvalue weighted by Crippen LogP contribution is 2.32. The van der Waals surface area contributed by atoms with Crippen molar-refractivity contribution in [2.45, 2.75) is 38.3 Å². The molecule has 5 nitrogen and oxygen atoms in total. The summed E-state index contributed by atoms with van der Waals surface area (Å²) >= 11 is 0. The first kappa shape index (κ1) is 18.6. The molecule has 1 aliphatic carbocycles. The third-order valence-corrected chi connectivity index (χ3v) is 5.68. The largest absolute Gasteiger partial charge is 0.326 e. The van der Waals surface area contributed by atoms with Gasteiger partial charge in [-0.05, 0) is 67.6 Å². The average molecular weight is 381 g/mol. The van der Waals surface area contributed by atoms with Crippen LogP contribution < -0.4 is 5.32 Å². The van der Waals surface area contributed by atoms with Crippen LogP contribution in [-0.4, -0.2) is 35.5 Å². The summed E-state index contributed by atoms with van der Waals surface area (Å²) in [4.78, 5) is 28.7. The molecular formula is C22H24FN3O2. The maximum absolute atomic E-state index is 13.4. The Kier molecular flexibility index (Phi) is 4.67. The van der Waals surface area contributed by atoms with E-state index in [0.29, 0.717) is 6.54 Å². The van der Waals surface area contributed by atoms with Crippen molar-refractivity contribution >= 4 is 11.9 Å². The molecule has 1 heterocycles. The number of imide groups is 1. The van der Waals surface area contributed by atoms with Gasteiger partial charge < -0.3 is 5.32 Å². The lowest BCUT2D eigenvalue weighted by Crippen LogP contribution is -2.42. The van der Waals surface area contributed by atoms with Crippen LogP contribution in [0.2, 0.25) is 0 Å². The van der Waals surface area contributed by atoms with Gasteiger partial charge in [0, 0.05) is 6.54 Å². The number of carbonyl (C=O) groups is 2. The number of hydrogen-bond donors (Lipinski definition) is 1. The Hall–Kier alpha value is -2.73. The van der Waals surface area contributed by atoms with E-state index in [1.165, 1.54) is 28.2 Å². The lowest BCUT2D eigenvalue weighted by atomic mass is 9.90. The van der Waals surface area contributed by atoms with Gasteiger partial charge in [0.1, 0.15) is 11.4 Å². The molecule has 2 aromatic carbocycles. The number of aryl methyl sites for hydroxylation is 2. The number of urea groups is 1. The van der Waals surface area contributed by atoms with Gasteiger partial charge in [0.15, 0.2) is 0 Å². The highest BCUT2D eigenvalue weighted by atomic mass is 19.1. The number of benzene rings is 2. The first-order chi connectivity index (χ1) is 13.4. The summed E-state index contributed by atoms with van der Waals surface area (Å²) in [5.74, 6) is -0.563. The van der Waals surface area contributed by atoms with Crippen LogP contribution in [0.3, 0.4) is 0 Å². The Morgan fingerprint density at radius 3 is 2.71 bits per heavy atom. The predicted octanol–water partition coefficient (Wildman–Crippen LogP) is 3.17. The molecule has 3 amide bonds. The molecule has 0 unspecified atom stereocenters. The maximum atomic E-state index is 13.4. The number of nitrogens with zero attached hydrogens (tertiary/aromatic N) is 2. The molecule has 0 saturated carbocycles. The monoisotopic (exact) mass is 381 g/mol. The first-order valence-corrected chi connectivity index (χ1v) is 9.56. The summed E-state index contributed by atoms with van der Waals surface area (Å²) in [5.41, 5.74) is 3.14. The number of hydrogen-bond acceptors (Lipinski definition) is 3. The third kappa shape index (κ3) is 3.29. The standard InChI is InChI=1S/C22H24FN3O2/c1-22(18-10-9-16-6-4-7-17(16)12-18)20(27)26(21(28)24-22)14-25(2)13-15-5-3-8-19(23)11-15/h3,5,8-12H,4,6-7,13-14H2,1-2H3,(H,24,28)/t22-/m1/s1. The molecule has 146 valence electrons. The Labute approximate surface area is 164 Å². The second kappa shape index (κ2) is 7.02. The summed E-state index contributed by atoms with van der Waals surface area (Å²) in [5, 5.41) is 2.87. The molecule has 1 fully saturated rings. The average Bonchev–Trinajstić information content (AvgIpc) is 3.20. The molecule has 6 heteroatoms. The van der Waals surface area contributed by atoms with Crippen molar-refractivity contribution in [2.75, 3.05) is 13.7 Å². The van der Waals surface area contributed by atoms with Gasteiger partial charge in [0.25, 0.3) is 5.91 Å². The fourth-order valence-corrected chi connectivity index (χ4v) is 4.14. The quantitative estimate of drug-likeness (QED) is 0.810. The van der Waals surface area contributed by atoms with E-state index < -0.39 is 11.6 Å². The summed E-state index contributed by atoms with van der Waals surface area (Å²) in [6.07, 6.45) is 3.22. The number of rotatable bonds is 5. The van der Waals surface area contributed by atoms with Crippen LogP contribution in [0.5, 0.6) is 0 Å². The van der Waals surface area contributed by atoms with Crippen molar-refractivity contribution in [3.63, 3.8) is 0 Å². The van der Waals surface area contributed by atoms with Gasteiger partial charge in [-0.3, -0.25) is 9.69 Å². The van der Waals surface area contributed by atoms with Crippen LogP contribution in [0.15, 0.2) is 42.5 Å². The molecule has 1 aliphatic heterocycles. The fourth-order valence-electron chi connectivity index (χ4n) is 4.14. The van der Waals surface area contributed by atoms with E-state index in [1.54, 1.807) is 20.0 Å². The highest BCUT2D eigenvalue weighted by molar-refractivity contribution is 6.07. The van der Waals surface area contributed by atoms with Crippen molar-refractivity contribution in [1.82, 2.24) is 15.1 Å². The van der Waals surface area contributed by atoms with Crippen molar-refractivity contribution in [1.29, 1.82) is 0 Å². The molecule has 1 N–H and O–H groups in total. The Bertz CT molecular complexity index is 945. The summed E-state index contributed by atoms with van der Waals surface area (Å²) < 4.78 is 13.4. The maximum Gasteiger partial charge on any atom is 0.326 e. The van der Waals surface area contributed by atoms with Crippen molar-refractivity contribution in [3.05, 3.63) is 70.5 Å². The van der Waals surface area contributed by atoms with E-state index in [9.17, 15) is 14.0 Å². The molecule has 28 heavy (non-hydrogen) atoms. The highest BCUT2D eigenvalue weighted by Gasteiger charge is 2.49. The van der Waals surface area contributed by atoms with Crippen LogP contribution in [0.1, 0.15) is 35.6 Å². The van der Waals surface area contributed by atoms with E-state index in [4.69, 9.17) is 0 Å². The van der Waals surface area contributed by atoms with E-state index >= 15 is 0 Å². The van der Waals surface area contributed by atoms with Crippen molar-refractivity contribution in [3.8, 4) is 0 Å². The minimum absolute atomic E-state index is 0.141. The van der Waals surface area contributed by atoms with Crippen LogP contribution in [0, 0.1) is 5.82 Å². The Morgan fingerprint density at radius 1 is 1.14 bits per heavy atom. The molecule has 1 atom stereocenters. The minimum Gasteiger partial charge on any atom is -0.319 e. The molecule has 0 bridgehead atoms. The predicted molar refractivity (Wildman–Crippen MR) is 104 cm³/mol. The second-order valence-electron chi connectivity index (χ2n) is 7.91. The van der Waals surface area contributed by atoms with Gasteiger partial charge >= 0.3 is 6.03 Å². The molecule has 0 radical (unpaired) electrons. The zero-order valence-corrected chi connectivity index (χ0v) is 16.2. The van der Waals surface area contributed by atoms with E-state index in [1.807, 2.05) is 17.0 Å². The second-order valence-corrected chi connectivity index (χ2v) is 7.91. The van der Waals surface area contributed by atoms with E-state index in [2.05, 4.69) is 17.4 Å². The number of halogens is 1. The number of amides is 3. The molecule has 4 rings (SSSR count). The van der Waals surface area contributed by atoms with Crippen LogP contribution in [0.25, 0.3) is 0 Å². The van der Waals surface area contributed by atoms with Gasteiger partial charge in [-0.1, -0.05) is 30.3 Å². The molecule has 0 spiro atoms.